The van der Waals surface area contributed by atoms with Crippen LogP contribution >= 0.6 is 34.9 Å². The topological polar surface area (TPSA) is 54.9 Å². The molecule has 4 nitrogen and oxygen atoms in total. The second kappa shape index (κ2) is 8.98. The second-order valence-corrected chi connectivity index (χ2v) is 9.42. The average molecular weight is 438 g/mol. The third kappa shape index (κ3) is 4.47. The molecule has 4 aromatic rings. The number of thiophene rings is 1. The summed E-state index contributed by atoms with van der Waals surface area (Å²) in [4.78, 5) is 24.4. The van der Waals surface area contributed by atoms with Crippen molar-refractivity contribution in [1.29, 1.82) is 0 Å². The lowest BCUT2D eigenvalue weighted by Gasteiger charge is -2.15. The summed E-state index contributed by atoms with van der Waals surface area (Å²) in [6.45, 7) is 1.91. The molecule has 4 rings (SSSR count). The fourth-order valence-corrected chi connectivity index (χ4v) is 5.01. The minimum atomic E-state index is -0.306. The lowest BCUT2D eigenvalue weighted by atomic mass is 10.2. The van der Waals surface area contributed by atoms with Gasteiger partial charge in [0.25, 0.3) is 0 Å². The standard InChI is InChI=1S/C22H19N3OS3/c1-14(21(26)24-17-10-5-6-11-18(17)27-2)29-22-15-8-3-4-9-16(15)23-20(25-22)19-12-7-13-28-19/h3-14H,1-2H3,(H,24,26). The molecule has 0 saturated heterocycles. The molecule has 2 aromatic carbocycles. The lowest BCUT2D eigenvalue weighted by molar-refractivity contribution is -0.115. The number of aromatic nitrogens is 2. The monoisotopic (exact) mass is 437 g/mol. The lowest BCUT2D eigenvalue weighted by Crippen LogP contribution is -2.22. The first-order chi connectivity index (χ1) is 14.2. The number of nitrogens with zero attached hydrogens (tertiary/aromatic N) is 2. The van der Waals surface area contributed by atoms with Gasteiger partial charge in [-0.1, -0.05) is 48.2 Å². The van der Waals surface area contributed by atoms with E-state index in [0.29, 0.717) is 5.82 Å². The molecule has 29 heavy (non-hydrogen) atoms. The summed E-state index contributed by atoms with van der Waals surface area (Å²) in [5, 5.41) is 6.54. The SMILES string of the molecule is CSc1ccccc1NC(=O)C(C)Sc1nc(-c2cccs2)nc2ccccc12. The molecule has 0 aliphatic rings. The number of hydrogen-bond acceptors (Lipinski definition) is 6. The smallest absolute Gasteiger partial charge is 0.237 e. The highest BCUT2D eigenvalue weighted by molar-refractivity contribution is 8.00. The molecule has 0 spiro atoms. The zero-order chi connectivity index (χ0) is 20.2. The van der Waals surface area contributed by atoms with Crippen molar-refractivity contribution < 1.29 is 4.79 Å². The quantitative estimate of drug-likeness (QED) is 0.287. The van der Waals surface area contributed by atoms with Crippen LogP contribution in [0.15, 0.2) is 76.0 Å². The first-order valence-electron chi connectivity index (χ1n) is 9.07. The van der Waals surface area contributed by atoms with Crippen molar-refractivity contribution in [2.24, 2.45) is 0 Å². The Labute approximate surface area is 182 Å². The first kappa shape index (κ1) is 19.9. The number of carbonyl (C=O) groups is 1. The zero-order valence-electron chi connectivity index (χ0n) is 16.0. The Balaban J connectivity index is 1.62. The molecule has 2 heterocycles. The highest BCUT2D eigenvalue weighted by Crippen LogP contribution is 2.33. The molecule has 1 atom stereocenters. The number of rotatable bonds is 6. The second-order valence-electron chi connectivity index (χ2n) is 6.30. The number of thioether (sulfide) groups is 2. The van der Waals surface area contributed by atoms with Crippen molar-refractivity contribution in [3.63, 3.8) is 0 Å². The minimum absolute atomic E-state index is 0.0446. The van der Waals surface area contributed by atoms with Crippen molar-refractivity contribution in [2.75, 3.05) is 11.6 Å². The summed E-state index contributed by atoms with van der Waals surface area (Å²) in [5.41, 5.74) is 1.72. The van der Waals surface area contributed by atoms with Gasteiger partial charge in [0.1, 0.15) is 5.03 Å². The maximum atomic E-state index is 12.9. The van der Waals surface area contributed by atoms with E-state index in [1.807, 2.05) is 79.2 Å². The number of fused-ring (bicyclic) bond motifs is 1. The summed E-state index contributed by atoms with van der Waals surface area (Å²) in [6.07, 6.45) is 2.00. The van der Waals surface area contributed by atoms with Crippen LogP contribution in [0.3, 0.4) is 0 Å². The number of amides is 1. The largest absolute Gasteiger partial charge is 0.324 e. The van der Waals surface area contributed by atoms with Gasteiger partial charge in [0.15, 0.2) is 5.82 Å². The minimum Gasteiger partial charge on any atom is -0.324 e. The van der Waals surface area contributed by atoms with E-state index in [9.17, 15) is 4.79 Å². The van der Waals surface area contributed by atoms with Crippen molar-refractivity contribution >= 4 is 57.4 Å². The van der Waals surface area contributed by atoms with E-state index >= 15 is 0 Å². The van der Waals surface area contributed by atoms with E-state index in [0.717, 1.165) is 31.4 Å². The van der Waals surface area contributed by atoms with Crippen molar-refractivity contribution in [3.8, 4) is 10.7 Å². The van der Waals surface area contributed by atoms with Crippen LogP contribution in [0.1, 0.15) is 6.92 Å². The number of carbonyl (C=O) groups excluding carboxylic acids is 1. The Morgan fingerprint density at radius 1 is 1.03 bits per heavy atom. The Morgan fingerprint density at radius 3 is 2.62 bits per heavy atom. The molecule has 146 valence electrons. The Bertz CT molecular complexity index is 1150. The van der Waals surface area contributed by atoms with Gasteiger partial charge in [0.2, 0.25) is 5.91 Å². The highest BCUT2D eigenvalue weighted by atomic mass is 32.2. The maximum absolute atomic E-state index is 12.9. The summed E-state index contributed by atoms with van der Waals surface area (Å²) in [6, 6.07) is 19.8. The third-order valence-electron chi connectivity index (χ3n) is 4.33. The van der Waals surface area contributed by atoms with Gasteiger partial charge in [-0.15, -0.1) is 23.1 Å². The van der Waals surface area contributed by atoms with Gasteiger partial charge in [-0.05, 0) is 42.8 Å². The number of nitrogens with one attached hydrogen (secondary N) is 1. The van der Waals surface area contributed by atoms with Crippen LogP contribution in [0, 0.1) is 0 Å². The number of benzene rings is 2. The first-order valence-corrected chi connectivity index (χ1v) is 12.1. The van der Waals surface area contributed by atoms with Gasteiger partial charge in [0, 0.05) is 10.3 Å². The van der Waals surface area contributed by atoms with Gasteiger partial charge in [-0.2, -0.15) is 0 Å². The van der Waals surface area contributed by atoms with Crippen molar-refractivity contribution in [2.45, 2.75) is 22.1 Å². The van der Waals surface area contributed by atoms with Gasteiger partial charge < -0.3 is 5.32 Å². The molecule has 2 aromatic heterocycles. The molecule has 0 fully saturated rings. The molecule has 0 bridgehead atoms. The van der Waals surface area contributed by atoms with Gasteiger partial charge in [0.05, 0.1) is 21.3 Å². The van der Waals surface area contributed by atoms with Gasteiger partial charge >= 0.3 is 0 Å². The third-order valence-corrected chi connectivity index (χ3v) is 7.10. The van der Waals surface area contributed by atoms with E-state index < -0.39 is 0 Å². The Morgan fingerprint density at radius 2 is 1.83 bits per heavy atom. The van der Waals surface area contributed by atoms with Crippen molar-refractivity contribution in [3.05, 3.63) is 66.0 Å². The Kier molecular flexibility index (Phi) is 6.18. The van der Waals surface area contributed by atoms with Gasteiger partial charge in [-0.25, -0.2) is 9.97 Å². The number of hydrogen-bond donors (Lipinski definition) is 1. The normalized spacial score (nSPS) is 12.1. The van der Waals surface area contributed by atoms with Crippen LogP contribution in [0.4, 0.5) is 5.69 Å². The molecule has 0 aliphatic heterocycles. The van der Waals surface area contributed by atoms with E-state index in [4.69, 9.17) is 9.97 Å². The van der Waals surface area contributed by atoms with E-state index in [1.54, 1.807) is 23.1 Å². The van der Waals surface area contributed by atoms with Gasteiger partial charge in [-0.3, -0.25) is 4.79 Å². The average Bonchev–Trinajstić information content (AvgIpc) is 3.29. The van der Waals surface area contributed by atoms with Crippen LogP contribution in [-0.4, -0.2) is 27.4 Å². The predicted octanol–water partition coefficient (Wildman–Crippen LogP) is 6.20. The molecule has 7 heteroatoms. The molecule has 0 radical (unpaired) electrons. The molecule has 1 unspecified atom stereocenters. The molecular weight excluding hydrogens is 418 g/mol. The van der Waals surface area contributed by atoms with E-state index in [2.05, 4.69) is 5.32 Å². The van der Waals surface area contributed by atoms with Crippen LogP contribution in [-0.2, 0) is 4.79 Å². The molecular formula is C22H19N3OS3. The molecule has 0 saturated carbocycles. The molecule has 0 aliphatic carbocycles. The fourth-order valence-electron chi connectivity index (χ4n) is 2.86. The van der Waals surface area contributed by atoms with E-state index in [-0.39, 0.29) is 11.2 Å². The van der Waals surface area contributed by atoms with Crippen LogP contribution < -0.4 is 5.32 Å². The predicted molar refractivity (Wildman–Crippen MR) is 125 cm³/mol. The van der Waals surface area contributed by atoms with E-state index in [1.165, 1.54) is 11.8 Å². The highest BCUT2D eigenvalue weighted by Gasteiger charge is 2.19. The summed E-state index contributed by atoms with van der Waals surface area (Å²) < 4.78 is 0. The van der Waals surface area contributed by atoms with Crippen LogP contribution in [0.25, 0.3) is 21.6 Å². The number of para-hydroxylation sites is 2. The summed E-state index contributed by atoms with van der Waals surface area (Å²) in [7, 11) is 0. The number of anilines is 1. The molecule has 1 amide bonds. The Hall–Kier alpha value is -2.35. The van der Waals surface area contributed by atoms with Crippen molar-refractivity contribution in [1.82, 2.24) is 9.97 Å². The summed E-state index contributed by atoms with van der Waals surface area (Å²) in [5.74, 6) is 0.651. The van der Waals surface area contributed by atoms with Crippen LogP contribution in [0.5, 0.6) is 0 Å². The maximum Gasteiger partial charge on any atom is 0.237 e. The van der Waals surface area contributed by atoms with Crippen LogP contribution in [0.2, 0.25) is 0 Å². The zero-order valence-corrected chi connectivity index (χ0v) is 18.4. The molecule has 1 N–H and O–H groups in total. The fraction of sp³-hybridized carbons (Fsp3) is 0.136. The summed E-state index contributed by atoms with van der Waals surface area (Å²) >= 11 is 4.68.